The zero-order valence-electron chi connectivity index (χ0n) is 9.99. The van der Waals surface area contributed by atoms with Crippen molar-refractivity contribution < 1.29 is 14.3 Å². The van der Waals surface area contributed by atoms with E-state index in [1.54, 1.807) is 6.07 Å². The Kier molecular flexibility index (Phi) is 4.17. The van der Waals surface area contributed by atoms with Crippen molar-refractivity contribution in [2.45, 2.75) is 25.4 Å². The van der Waals surface area contributed by atoms with E-state index in [0.29, 0.717) is 11.7 Å². The molecule has 0 aromatic carbocycles. The third-order valence-electron chi connectivity index (χ3n) is 2.95. The highest BCUT2D eigenvalue weighted by Crippen LogP contribution is 2.08. The van der Waals surface area contributed by atoms with Crippen LogP contribution in [0.4, 0.5) is 0 Å². The molecule has 0 unspecified atom stereocenters. The van der Waals surface area contributed by atoms with Gasteiger partial charge in [-0.25, -0.2) is 4.79 Å². The fourth-order valence-electron chi connectivity index (χ4n) is 1.93. The molecule has 0 spiro atoms. The van der Waals surface area contributed by atoms with Gasteiger partial charge in [0.2, 0.25) is 0 Å². The Balaban J connectivity index is 1.82. The number of aromatic amines is 1. The van der Waals surface area contributed by atoms with Gasteiger partial charge >= 0.3 is 5.97 Å². The predicted molar refractivity (Wildman–Crippen MR) is 62.8 cm³/mol. The molecule has 1 aliphatic heterocycles. The molecule has 2 heterocycles. The summed E-state index contributed by atoms with van der Waals surface area (Å²) in [6.07, 6.45) is 2.09. The van der Waals surface area contributed by atoms with Gasteiger partial charge in [0.05, 0.1) is 7.11 Å². The number of hydrogen-bond acceptors (Lipinski definition) is 4. The lowest BCUT2D eigenvalue weighted by Gasteiger charge is -2.22. The minimum Gasteiger partial charge on any atom is -0.464 e. The van der Waals surface area contributed by atoms with E-state index in [4.69, 9.17) is 4.74 Å². The average Bonchev–Trinajstić information content (AvgIpc) is 2.85. The first-order valence-electron chi connectivity index (χ1n) is 5.87. The summed E-state index contributed by atoms with van der Waals surface area (Å²) in [5.41, 5.74) is 1.49. The molecule has 1 aromatic rings. The number of carbonyl (C=O) groups excluding carboxylic acids is 1. The molecule has 0 bridgehead atoms. The summed E-state index contributed by atoms with van der Waals surface area (Å²) < 4.78 is 9.93. The number of H-pyrrole nitrogens is 1. The van der Waals surface area contributed by atoms with E-state index in [-0.39, 0.29) is 5.97 Å². The molecule has 0 atom stereocenters. The highest BCUT2D eigenvalue weighted by Gasteiger charge is 2.13. The monoisotopic (exact) mass is 238 g/mol. The van der Waals surface area contributed by atoms with Gasteiger partial charge in [-0.15, -0.1) is 0 Å². The fourth-order valence-corrected chi connectivity index (χ4v) is 1.93. The van der Waals surface area contributed by atoms with Crippen molar-refractivity contribution in [3.05, 3.63) is 23.5 Å². The third kappa shape index (κ3) is 3.31. The molecule has 94 valence electrons. The maximum Gasteiger partial charge on any atom is 0.354 e. The second-order valence-corrected chi connectivity index (χ2v) is 4.16. The fraction of sp³-hybridized carbons (Fsp3) is 0.583. The van der Waals surface area contributed by atoms with Gasteiger partial charge in [0.25, 0.3) is 0 Å². The van der Waals surface area contributed by atoms with Gasteiger partial charge < -0.3 is 19.8 Å². The first-order valence-corrected chi connectivity index (χ1v) is 5.87. The molecule has 1 aromatic heterocycles. The molecule has 0 radical (unpaired) electrons. The number of hydrogen-bond donors (Lipinski definition) is 2. The molecule has 0 saturated carbocycles. The summed E-state index contributed by atoms with van der Waals surface area (Å²) in [6, 6.07) is 4.15. The van der Waals surface area contributed by atoms with E-state index in [1.807, 2.05) is 6.07 Å². The summed E-state index contributed by atoms with van der Waals surface area (Å²) in [6.45, 7) is 2.40. The third-order valence-corrected chi connectivity index (χ3v) is 2.95. The van der Waals surface area contributed by atoms with Crippen LogP contribution in [0.25, 0.3) is 0 Å². The number of methoxy groups -OCH3 is 1. The van der Waals surface area contributed by atoms with Crippen molar-refractivity contribution >= 4 is 5.97 Å². The molecular formula is C12H18N2O3. The van der Waals surface area contributed by atoms with Crippen LogP contribution in [0.3, 0.4) is 0 Å². The Morgan fingerprint density at radius 1 is 1.53 bits per heavy atom. The number of rotatable bonds is 4. The van der Waals surface area contributed by atoms with Gasteiger partial charge in [-0.2, -0.15) is 0 Å². The van der Waals surface area contributed by atoms with Crippen LogP contribution in [0.1, 0.15) is 29.0 Å². The van der Waals surface area contributed by atoms with Crippen LogP contribution in [0.15, 0.2) is 12.1 Å². The van der Waals surface area contributed by atoms with E-state index in [1.165, 1.54) is 7.11 Å². The molecule has 0 aliphatic carbocycles. The lowest BCUT2D eigenvalue weighted by atomic mass is 10.1. The predicted octanol–water partition coefficient (Wildman–Crippen LogP) is 1.07. The minimum absolute atomic E-state index is 0.331. The SMILES string of the molecule is COC(=O)c1ccc(CNC2CCOCC2)[nH]1. The summed E-state index contributed by atoms with van der Waals surface area (Å²) in [5, 5.41) is 3.44. The molecule has 5 nitrogen and oxygen atoms in total. The van der Waals surface area contributed by atoms with E-state index in [9.17, 15) is 4.79 Å². The number of aromatic nitrogens is 1. The van der Waals surface area contributed by atoms with Crippen molar-refractivity contribution in [3.8, 4) is 0 Å². The standard InChI is InChI=1S/C12H18N2O3/c1-16-12(15)11-3-2-10(14-11)8-13-9-4-6-17-7-5-9/h2-3,9,13-14H,4-8H2,1H3. The lowest BCUT2D eigenvalue weighted by Crippen LogP contribution is -2.34. The molecule has 0 amide bonds. The largest absolute Gasteiger partial charge is 0.464 e. The van der Waals surface area contributed by atoms with Gasteiger partial charge in [0.1, 0.15) is 5.69 Å². The Bertz CT molecular complexity index is 370. The molecule has 5 heteroatoms. The summed E-state index contributed by atoms with van der Waals surface area (Å²) >= 11 is 0. The van der Waals surface area contributed by atoms with Crippen LogP contribution in [-0.2, 0) is 16.0 Å². The van der Waals surface area contributed by atoms with Crippen molar-refractivity contribution in [2.75, 3.05) is 20.3 Å². The van der Waals surface area contributed by atoms with Crippen molar-refractivity contribution in [1.82, 2.24) is 10.3 Å². The summed E-state index contributed by atoms with van der Waals surface area (Å²) in [5.74, 6) is -0.331. The van der Waals surface area contributed by atoms with E-state index >= 15 is 0 Å². The van der Waals surface area contributed by atoms with E-state index in [2.05, 4.69) is 15.0 Å². The maximum absolute atomic E-state index is 11.2. The number of carbonyl (C=O) groups is 1. The summed E-state index contributed by atoms with van der Waals surface area (Å²) in [7, 11) is 1.38. The number of ether oxygens (including phenoxy) is 2. The number of esters is 1. The van der Waals surface area contributed by atoms with Gasteiger partial charge in [-0.3, -0.25) is 0 Å². The normalized spacial score (nSPS) is 17.0. The van der Waals surface area contributed by atoms with Crippen LogP contribution in [-0.4, -0.2) is 37.3 Å². The van der Waals surface area contributed by atoms with E-state index in [0.717, 1.165) is 38.3 Å². The van der Waals surface area contributed by atoms with Gasteiger partial charge in [0.15, 0.2) is 0 Å². The average molecular weight is 238 g/mol. The van der Waals surface area contributed by atoms with E-state index < -0.39 is 0 Å². The smallest absolute Gasteiger partial charge is 0.354 e. The molecule has 1 saturated heterocycles. The van der Waals surface area contributed by atoms with Gasteiger partial charge in [-0.1, -0.05) is 0 Å². The second-order valence-electron chi connectivity index (χ2n) is 4.16. The van der Waals surface area contributed by atoms with Crippen LogP contribution in [0.2, 0.25) is 0 Å². The Labute approximate surface area is 100 Å². The minimum atomic E-state index is -0.331. The molecule has 1 aliphatic rings. The highest BCUT2D eigenvalue weighted by atomic mass is 16.5. The maximum atomic E-state index is 11.2. The Morgan fingerprint density at radius 3 is 3.00 bits per heavy atom. The summed E-state index contributed by atoms with van der Waals surface area (Å²) in [4.78, 5) is 14.3. The van der Waals surface area contributed by atoms with Crippen molar-refractivity contribution in [2.24, 2.45) is 0 Å². The van der Waals surface area contributed by atoms with Crippen LogP contribution in [0.5, 0.6) is 0 Å². The van der Waals surface area contributed by atoms with Crippen LogP contribution >= 0.6 is 0 Å². The molecule has 2 rings (SSSR count). The molecule has 17 heavy (non-hydrogen) atoms. The number of nitrogens with one attached hydrogen (secondary N) is 2. The van der Waals surface area contributed by atoms with Crippen molar-refractivity contribution in [3.63, 3.8) is 0 Å². The zero-order chi connectivity index (χ0) is 12.1. The van der Waals surface area contributed by atoms with Gasteiger partial charge in [-0.05, 0) is 25.0 Å². The van der Waals surface area contributed by atoms with Crippen molar-refractivity contribution in [1.29, 1.82) is 0 Å². The topological polar surface area (TPSA) is 63.4 Å². The van der Waals surface area contributed by atoms with Crippen LogP contribution in [0, 0.1) is 0 Å². The lowest BCUT2D eigenvalue weighted by molar-refractivity contribution is 0.0594. The van der Waals surface area contributed by atoms with Crippen LogP contribution < -0.4 is 5.32 Å². The molecular weight excluding hydrogens is 220 g/mol. The van der Waals surface area contributed by atoms with Gasteiger partial charge in [0, 0.05) is 31.5 Å². The molecule has 1 fully saturated rings. The quantitative estimate of drug-likeness (QED) is 0.770. The second kappa shape index (κ2) is 5.84. The first-order chi connectivity index (χ1) is 8.29. The first kappa shape index (κ1) is 12.1. The highest BCUT2D eigenvalue weighted by molar-refractivity contribution is 5.87. The molecule has 2 N–H and O–H groups in total. The Hall–Kier alpha value is -1.33. The Morgan fingerprint density at radius 2 is 2.29 bits per heavy atom. The zero-order valence-corrected chi connectivity index (χ0v) is 9.99.